The lowest BCUT2D eigenvalue weighted by Gasteiger charge is -2.22. The van der Waals surface area contributed by atoms with Gasteiger partial charge in [0, 0.05) is 18.8 Å². The molecule has 9 heteroatoms. The summed E-state index contributed by atoms with van der Waals surface area (Å²) in [6.45, 7) is 0.332. The number of urea groups is 1. The maximum atomic E-state index is 13.1. The Morgan fingerprint density at radius 2 is 1.65 bits per heavy atom. The van der Waals surface area contributed by atoms with Crippen molar-refractivity contribution in [3.8, 4) is 11.5 Å². The van der Waals surface area contributed by atoms with Crippen LogP contribution < -0.4 is 19.7 Å². The van der Waals surface area contributed by atoms with Crippen LogP contribution in [0.3, 0.4) is 0 Å². The zero-order valence-electron chi connectivity index (χ0n) is 17.1. The molecule has 160 valence electrons. The fraction of sp³-hybridized carbons (Fsp3) is 0.182. The molecule has 1 heterocycles. The fourth-order valence-corrected chi connectivity index (χ4v) is 2.96. The van der Waals surface area contributed by atoms with Gasteiger partial charge >= 0.3 is 11.7 Å². The summed E-state index contributed by atoms with van der Waals surface area (Å²) in [6, 6.07) is 16.4. The molecule has 0 spiro atoms. The van der Waals surface area contributed by atoms with Crippen molar-refractivity contribution in [3.05, 3.63) is 82.5 Å². The number of anilines is 2. The Kier molecular flexibility index (Phi) is 7.00. The molecule has 0 radical (unpaired) electrons. The molecule has 0 unspecified atom stereocenters. The molecule has 0 aliphatic rings. The molecular formula is C22H22N4O5. The lowest BCUT2D eigenvalue weighted by atomic mass is 10.1. The van der Waals surface area contributed by atoms with Crippen molar-refractivity contribution in [2.24, 2.45) is 0 Å². The molecule has 0 aliphatic carbocycles. The van der Waals surface area contributed by atoms with Crippen molar-refractivity contribution in [1.29, 1.82) is 0 Å². The van der Waals surface area contributed by atoms with Crippen LogP contribution in [0.1, 0.15) is 5.56 Å². The highest BCUT2D eigenvalue weighted by atomic mass is 16.6. The van der Waals surface area contributed by atoms with E-state index in [2.05, 4.69) is 10.3 Å². The highest BCUT2D eigenvalue weighted by Crippen LogP contribution is 2.32. The van der Waals surface area contributed by atoms with Crippen LogP contribution >= 0.6 is 0 Å². The number of aromatic nitrogens is 1. The Morgan fingerprint density at radius 1 is 1.03 bits per heavy atom. The third kappa shape index (κ3) is 5.27. The normalized spacial score (nSPS) is 10.3. The standard InChI is InChI=1S/C22H22N4O5/c1-30-18-9-5-16(6-10-18)13-15-24-22(27)25(17-7-11-19(31-2)12-8-17)21-20(26(28)29)4-3-14-23-21/h3-12,14H,13,15H2,1-2H3,(H,24,27). The molecule has 0 saturated carbocycles. The second kappa shape index (κ2) is 10.1. The molecule has 0 fully saturated rings. The van der Waals surface area contributed by atoms with Gasteiger partial charge in [0.05, 0.1) is 24.8 Å². The number of methoxy groups -OCH3 is 2. The Hall–Kier alpha value is -4.14. The Labute approximate surface area is 179 Å². The predicted molar refractivity (Wildman–Crippen MR) is 116 cm³/mol. The van der Waals surface area contributed by atoms with Crippen LogP contribution in [0, 0.1) is 10.1 Å². The van der Waals surface area contributed by atoms with Crippen LogP contribution in [0.5, 0.6) is 11.5 Å². The van der Waals surface area contributed by atoms with Gasteiger partial charge in [-0.15, -0.1) is 0 Å². The highest BCUT2D eigenvalue weighted by molar-refractivity contribution is 6.00. The number of ether oxygens (including phenoxy) is 2. The minimum absolute atomic E-state index is 0.0698. The maximum Gasteiger partial charge on any atom is 0.327 e. The third-order valence-corrected chi connectivity index (χ3v) is 4.56. The van der Waals surface area contributed by atoms with Crippen molar-refractivity contribution >= 4 is 23.2 Å². The summed E-state index contributed by atoms with van der Waals surface area (Å²) in [7, 11) is 3.13. The largest absolute Gasteiger partial charge is 0.497 e. The van der Waals surface area contributed by atoms with Crippen LogP contribution in [0.4, 0.5) is 22.0 Å². The number of nitro groups is 1. The molecule has 0 saturated heterocycles. The van der Waals surface area contributed by atoms with Gasteiger partial charge in [0.25, 0.3) is 0 Å². The second-order valence-corrected chi connectivity index (χ2v) is 6.47. The van der Waals surface area contributed by atoms with E-state index in [1.54, 1.807) is 31.4 Å². The van der Waals surface area contributed by atoms with Crippen LogP contribution in [-0.2, 0) is 6.42 Å². The number of carbonyl (C=O) groups is 1. The van der Waals surface area contributed by atoms with E-state index in [1.165, 1.54) is 30.3 Å². The van der Waals surface area contributed by atoms with Gasteiger partial charge in [0.1, 0.15) is 11.5 Å². The number of pyridine rings is 1. The molecule has 0 atom stereocenters. The van der Waals surface area contributed by atoms with Crippen molar-refractivity contribution < 1.29 is 19.2 Å². The van der Waals surface area contributed by atoms with Crippen molar-refractivity contribution in [3.63, 3.8) is 0 Å². The number of benzene rings is 2. The van der Waals surface area contributed by atoms with E-state index in [1.807, 2.05) is 24.3 Å². The minimum Gasteiger partial charge on any atom is -0.497 e. The molecule has 2 amide bonds. The van der Waals surface area contributed by atoms with Crippen molar-refractivity contribution in [2.75, 3.05) is 25.7 Å². The molecule has 31 heavy (non-hydrogen) atoms. The number of hydrogen-bond donors (Lipinski definition) is 1. The van der Waals surface area contributed by atoms with Gasteiger partial charge in [-0.05, 0) is 54.4 Å². The van der Waals surface area contributed by atoms with E-state index < -0.39 is 11.0 Å². The predicted octanol–water partition coefficient (Wildman–Crippen LogP) is 4.10. The van der Waals surface area contributed by atoms with E-state index in [0.717, 1.165) is 11.3 Å². The summed E-state index contributed by atoms with van der Waals surface area (Å²) >= 11 is 0. The molecule has 1 aromatic heterocycles. The van der Waals surface area contributed by atoms with E-state index in [4.69, 9.17) is 9.47 Å². The number of hydrogen-bond acceptors (Lipinski definition) is 6. The number of nitrogens with one attached hydrogen (secondary N) is 1. The molecule has 2 aromatic carbocycles. The first-order valence-electron chi connectivity index (χ1n) is 9.48. The summed E-state index contributed by atoms with van der Waals surface area (Å²) in [5.41, 5.74) is 1.16. The lowest BCUT2D eigenvalue weighted by molar-refractivity contribution is -0.384. The smallest absolute Gasteiger partial charge is 0.327 e. The van der Waals surface area contributed by atoms with E-state index in [-0.39, 0.29) is 11.5 Å². The average molecular weight is 422 g/mol. The summed E-state index contributed by atoms with van der Waals surface area (Å²) in [5.74, 6) is 1.28. The van der Waals surface area contributed by atoms with E-state index in [0.29, 0.717) is 24.4 Å². The minimum atomic E-state index is -0.566. The first-order valence-corrected chi connectivity index (χ1v) is 9.48. The molecule has 0 bridgehead atoms. The fourth-order valence-electron chi connectivity index (χ4n) is 2.96. The Balaban J connectivity index is 1.83. The molecule has 1 N–H and O–H groups in total. The third-order valence-electron chi connectivity index (χ3n) is 4.56. The molecule has 9 nitrogen and oxygen atoms in total. The Bertz CT molecular complexity index is 1040. The van der Waals surface area contributed by atoms with Gasteiger partial charge in [-0.25, -0.2) is 14.7 Å². The van der Waals surface area contributed by atoms with Gasteiger partial charge in [0.2, 0.25) is 5.82 Å². The van der Waals surface area contributed by atoms with Crippen LogP contribution in [0.2, 0.25) is 0 Å². The van der Waals surface area contributed by atoms with Gasteiger partial charge in [-0.3, -0.25) is 10.1 Å². The number of nitrogens with zero attached hydrogens (tertiary/aromatic N) is 3. The Morgan fingerprint density at radius 3 is 2.23 bits per heavy atom. The van der Waals surface area contributed by atoms with Crippen molar-refractivity contribution in [2.45, 2.75) is 6.42 Å². The summed E-state index contributed by atoms with van der Waals surface area (Å²) in [6.07, 6.45) is 1.99. The highest BCUT2D eigenvalue weighted by Gasteiger charge is 2.27. The zero-order valence-corrected chi connectivity index (χ0v) is 17.1. The van der Waals surface area contributed by atoms with Crippen molar-refractivity contribution in [1.82, 2.24) is 10.3 Å². The number of rotatable bonds is 8. The first kappa shape index (κ1) is 21.6. The van der Waals surface area contributed by atoms with Gasteiger partial charge in [0.15, 0.2) is 0 Å². The zero-order chi connectivity index (χ0) is 22.2. The topological polar surface area (TPSA) is 107 Å². The second-order valence-electron chi connectivity index (χ2n) is 6.47. The summed E-state index contributed by atoms with van der Waals surface area (Å²) < 4.78 is 10.3. The average Bonchev–Trinajstić information content (AvgIpc) is 2.80. The number of carbonyl (C=O) groups excluding carboxylic acids is 1. The molecular weight excluding hydrogens is 400 g/mol. The monoisotopic (exact) mass is 422 g/mol. The van der Waals surface area contributed by atoms with Crippen LogP contribution in [-0.4, -0.2) is 36.7 Å². The molecule has 3 rings (SSSR count). The van der Waals surface area contributed by atoms with Crippen LogP contribution in [0.25, 0.3) is 0 Å². The van der Waals surface area contributed by atoms with E-state index in [9.17, 15) is 14.9 Å². The van der Waals surface area contributed by atoms with E-state index >= 15 is 0 Å². The SMILES string of the molecule is COc1ccc(CCNC(=O)N(c2ccc(OC)cc2)c2ncccc2[N+](=O)[O-])cc1. The van der Waals surface area contributed by atoms with Gasteiger partial charge < -0.3 is 14.8 Å². The number of amides is 2. The lowest BCUT2D eigenvalue weighted by Crippen LogP contribution is -2.38. The van der Waals surface area contributed by atoms with Gasteiger partial charge in [-0.1, -0.05) is 12.1 Å². The maximum absolute atomic E-state index is 13.1. The van der Waals surface area contributed by atoms with Crippen LogP contribution in [0.15, 0.2) is 66.9 Å². The molecule has 3 aromatic rings. The molecule has 0 aliphatic heterocycles. The van der Waals surface area contributed by atoms with Gasteiger partial charge in [-0.2, -0.15) is 0 Å². The summed E-state index contributed by atoms with van der Waals surface area (Å²) in [5, 5.41) is 14.3. The first-order chi connectivity index (χ1) is 15.0. The quantitative estimate of drug-likeness (QED) is 0.433. The summed E-state index contributed by atoms with van der Waals surface area (Å²) in [4.78, 5) is 29.3.